The summed E-state index contributed by atoms with van der Waals surface area (Å²) in [6.07, 6.45) is 9.00. The lowest BCUT2D eigenvalue weighted by Gasteiger charge is -2.44. The third-order valence-corrected chi connectivity index (χ3v) is 6.93. The standard InChI is InChI=1S/C23H41N3O2/c1-18-9-7-8-12-26(18)22(28)21(19-10-5-6-11-19)25-15-13-24(14-16-25)20(27)17-23(2,3)4/h18-19,21H,5-17H2,1-4H3/t18-,21-/m0/s1. The number of rotatable bonds is 4. The molecule has 3 fully saturated rings. The monoisotopic (exact) mass is 391 g/mol. The summed E-state index contributed by atoms with van der Waals surface area (Å²) in [5.74, 6) is 1.13. The summed E-state index contributed by atoms with van der Waals surface area (Å²) in [6, 6.07) is 0.405. The molecule has 0 radical (unpaired) electrons. The second-order valence-corrected chi connectivity index (χ2v) is 10.5. The van der Waals surface area contributed by atoms with E-state index in [0.717, 1.165) is 45.6 Å². The highest BCUT2D eigenvalue weighted by Gasteiger charge is 2.40. The molecule has 0 spiro atoms. The number of nitrogens with zero attached hydrogens (tertiary/aromatic N) is 3. The van der Waals surface area contributed by atoms with Gasteiger partial charge < -0.3 is 9.80 Å². The van der Waals surface area contributed by atoms with Gasteiger partial charge in [0.15, 0.2) is 0 Å². The maximum Gasteiger partial charge on any atom is 0.240 e. The van der Waals surface area contributed by atoms with E-state index in [1.165, 1.54) is 32.1 Å². The van der Waals surface area contributed by atoms with Crippen molar-refractivity contribution in [2.45, 2.75) is 91.1 Å². The molecule has 3 rings (SSSR count). The van der Waals surface area contributed by atoms with Crippen LogP contribution in [0.25, 0.3) is 0 Å². The van der Waals surface area contributed by atoms with Crippen LogP contribution in [0.3, 0.4) is 0 Å². The van der Waals surface area contributed by atoms with Gasteiger partial charge in [0.1, 0.15) is 0 Å². The van der Waals surface area contributed by atoms with Crippen molar-refractivity contribution in [1.29, 1.82) is 0 Å². The lowest BCUT2D eigenvalue weighted by atomic mass is 9.91. The third kappa shape index (κ3) is 5.28. The Morgan fingerprint density at radius 3 is 2.07 bits per heavy atom. The fraction of sp³-hybridized carbons (Fsp3) is 0.913. The van der Waals surface area contributed by atoms with Gasteiger partial charge in [-0.1, -0.05) is 33.6 Å². The average molecular weight is 392 g/mol. The molecule has 0 bridgehead atoms. The normalized spacial score (nSPS) is 26.5. The molecule has 1 saturated carbocycles. The predicted octanol–water partition coefficient (Wildman–Crippen LogP) is 3.53. The first-order valence-corrected chi connectivity index (χ1v) is 11.6. The Morgan fingerprint density at radius 2 is 1.50 bits per heavy atom. The van der Waals surface area contributed by atoms with E-state index >= 15 is 0 Å². The number of piperidine rings is 1. The Morgan fingerprint density at radius 1 is 0.893 bits per heavy atom. The van der Waals surface area contributed by atoms with Crippen LogP contribution in [0.4, 0.5) is 0 Å². The van der Waals surface area contributed by atoms with Gasteiger partial charge in [-0.05, 0) is 50.4 Å². The molecule has 5 nitrogen and oxygen atoms in total. The zero-order chi connectivity index (χ0) is 20.3. The highest BCUT2D eigenvalue weighted by molar-refractivity contribution is 5.83. The smallest absolute Gasteiger partial charge is 0.240 e. The van der Waals surface area contributed by atoms with E-state index in [-0.39, 0.29) is 17.4 Å². The summed E-state index contributed by atoms with van der Waals surface area (Å²) < 4.78 is 0. The van der Waals surface area contributed by atoms with Crippen LogP contribution in [-0.4, -0.2) is 71.3 Å². The maximum atomic E-state index is 13.6. The van der Waals surface area contributed by atoms with E-state index in [4.69, 9.17) is 0 Å². The van der Waals surface area contributed by atoms with E-state index in [1.54, 1.807) is 0 Å². The van der Waals surface area contributed by atoms with Gasteiger partial charge in [-0.25, -0.2) is 0 Å². The van der Waals surface area contributed by atoms with Crippen LogP contribution < -0.4 is 0 Å². The second-order valence-electron chi connectivity index (χ2n) is 10.5. The summed E-state index contributed by atoms with van der Waals surface area (Å²) in [5.41, 5.74) is 0.0287. The fourth-order valence-corrected chi connectivity index (χ4v) is 5.34. The van der Waals surface area contributed by atoms with E-state index in [2.05, 4.69) is 37.5 Å². The Balaban J connectivity index is 1.65. The first kappa shape index (κ1) is 21.6. The molecule has 0 unspecified atom stereocenters. The number of likely N-dealkylation sites (tertiary alicyclic amines) is 1. The number of hydrogen-bond donors (Lipinski definition) is 0. The van der Waals surface area contributed by atoms with Crippen LogP contribution in [0.2, 0.25) is 0 Å². The first-order valence-electron chi connectivity index (χ1n) is 11.6. The number of carbonyl (C=O) groups excluding carboxylic acids is 2. The van der Waals surface area contributed by atoms with E-state index in [0.29, 0.717) is 24.3 Å². The number of hydrogen-bond acceptors (Lipinski definition) is 3. The quantitative estimate of drug-likeness (QED) is 0.736. The highest BCUT2D eigenvalue weighted by Crippen LogP contribution is 2.33. The van der Waals surface area contributed by atoms with Crippen LogP contribution in [0.15, 0.2) is 0 Å². The van der Waals surface area contributed by atoms with Crippen molar-refractivity contribution in [1.82, 2.24) is 14.7 Å². The number of piperazine rings is 1. The van der Waals surface area contributed by atoms with Crippen molar-refractivity contribution in [2.75, 3.05) is 32.7 Å². The largest absolute Gasteiger partial charge is 0.340 e. The number of amides is 2. The minimum Gasteiger partial charge on any atom is -0.340 e. The molecule has 2 aliphatic heterocycles. The molecule has 0 aromatic carbocycles. The van der Waals surface area contributed by atoms with Crippen LogP contribution in [0.1, 0.15) is 79.1 Å². The van der Waals surface area contributed by atoms with Gasteiger partial charge in [0, 0.05) is 45.2 Å². The molecule has 0 N–H and O–H groups in total. The maximum absolute atomic E-state index is 13.6. The van der Waals surface area contributed by atoms with E-state index in [9.17, 15) is 9.59 Å². The highest BCUT2D eigenvalue weighted by atomic mass is 16.2. The van der Waals surface area contributed by atoms with Gasteiger partial charge in [-0.2, -0.15) is 0 Å². The van der Waals surface area contributed by atoms with Crippen molar-refractivity contribution in [2.24, 2.45) is 11.3 Å². The topological polar surface area (TPSA) is 43.9 Å². The summed E-state index contributed by atoms with van der Waals surface area (Å²) in [6.45, 7) is 12.7. The molecule has 3 aliphatic rings. The molecular weight excluding hydrogens is 350 g/mol. The number of carbonyl (C=O) groups is 2. The summed E-state index contributed by atoms with van der Waals surface area (Å²) >= 11 is 0. The third-order valence-electron chi connectivity index (χ3n) is 6.93. The van der Waals surface area contributed by atoms with Crippen molar-refractivity contribution >= 4 is 11.8 Å². The molecule has 5 heteroatoms. The Kier molecular flexibility index (Phi) is 7.06. The minimum atomic E-state index is 0.0287. The molecule has 28 heavy (non-hydrogen) atoms. The Labute approximate surface area is 171 Å². The molecule has 2 saturated heterocycles. The molecule has 2 atom stereocenters. The van der Waals surface area contributed by atoms with Crippen LogP contribution >= 0.6 is 0 Å². The van der Waals surface area contributed by atoms with Gasteiger partial charge in [0.2, 0.25) is 11.8 Å². The average Bonchev–Trinajstić information content (AvgIpc) is 3.15. The summed E-state index contributed by atoms with van der Waals surface area (Å²) in [5, 5.41) is 0. The van der Waals surface area contributed by atoms with Gasteiger partial charge in [0.25, 0.3) is 0 Å². The van der Waals surface area contributed by atoms with Crippen molar-refractivity contribution < 1.29 is 9.59 Å². The Hall–Kier alpha value is -1.10. The molecule has 160 valence electrons. The molecule has 2 amide bonds. The summed E-state index contributed by atoms with van der Waals surface area (Å²) in [7, 11) is 0. The zero-order valence-corrected chi connectivity index (χ0v) is 18.6. The van der Waals surface area contributed by atoms with Crippen LogP contribution in [0, 0.1) is 11.3 Å². The zero-order valence-electron chi connectivity index (χ0n) is 18.6. The van der Waals surface area contributed by atoms with Gasteiger partial charge >= 0.3 is 0 Å². The predicted molar refractivity (Wildman–Crippen MR) is 113 cm³/mol. The van der Waals surface area contributed by atoms with Crippen molar-refractivity contribution in [3.63, 3.8) is 0 Å². The minimum absolute atomic E-state index is 0.0287. The molecule has 1 aliphatic carbocycles. The molecule has 0 aromatic heterocycles. The molecule has 0 aromatic rings. The van der Waals surface area contributed by atoms with Crippen molar-refractivity contribution in [3.8, 4) is 0 Å². The lowest BCUT2D eigenvalue weighted by Crippen LogP contribution is -2.60. The fourth-order valence-electron chi connectivity index (χ4n) is 5.34. The van der Waals surface area contributed by atoms with E-state index in [1.807, 2.05) is 4.90 Å². The second kappa shape index (κ2) is 9.15. The lowest BCUT2D eigenvalue weighted by molar-refractivity contribution is -0.144. The Bertz CT molecular complexity index is 543. The molecule has 2 heterocycles. The van der Waals surface area contributed by atoms with E-state index < -0.39 is 0 Å². The SMILES string of the molecule is C[C@H]1CCCCN1C(=O)[C@H](C1CCCC1)N1CCN(C(=O)CC(C)(C)C)CC1. The van der Waals surface area contributed by atoms with Crippen LogP contribution in [-0.2, 0) is 9.59 Å². The van der Waals surface area contributed by atoms with Crippen molar-refractivity contribution in [3.05, 3.63) is 0 Å². The summed E-state index contributed by atoms with van der Waals surface area (Å²) in [4.78, 5) is 32.8. The van der Waals surface area contributed by atoms with Crippen LogP contribution in [0.5, 0.6) is 0 Å². The van der Waals surface area contributed by atoms with Gasteiger partial charge in [-0.3, -0.25) is 14.5 Å². The molecular formula is C23H41N3O2. The van der Waals surface area contributed by atoms with Gasteiger partial charge in [-0.15, -0.1) is 0 Å². The first-order chi connectivity index (χ1) is 13.3. The van der Waals surface area contributed by atoms with Gasteiger partial charge in [0.05, 0.1) is 6.04 Å².